The van der Waals surface area contributed by atoms with Crippen molar-refractivity contribution in [3.8, 4) is 0 Å². The lowest BCUT2D eigenvalue weighted by atomic mass is 10.3. The Bertz CT molecular complexity index is 324. The third-order valence-corrected chi connectivity index (χ3v) is 2.72. The van der Waals surface area contributed by atoms with Gasteiger partial charge in [-0.05, 0) is 6.92 Å². The minimum atomic E-state index is -1.07. The van der Waals surface area contributed by atoms with Crippen LogP contribution in [0.4, 0.5) is 4.79 Å². The number of piperazine rings is 1. The third-order valence-electron chi connectivity index (χ3n) is 2.72. The number of carboxylic acid groups (broad SMARTS) is 1. The minimum Gasteiger partial charge on any atom is -0.480 e. The Morgan fingerprint density at radius 3 is 2.00 bits per heavy atom. The molecule has 96 valence electrons. The van der Waals surface area contributed by atoms with Crippen LogP contribution in [0, 0.1) is 0 Å². The number of nitrogens with zero attached hydrogens (tertiary/aromatic N) is 2. The second-order valence-corrected chi connectivity index (χ2v) is 4.00. The van der Waals surface area contributed by atoms with Crippen LogP contribution < -0.4 is 5.32 Å². The molecule has 1 heterocycles. The first-order valence-electron chi connectivity index (χ1n) is 5.45. The van der Waals surface area contributed by atoms with Crippen molar-refractivity contribution in [1.29, 1.82) is 0 Å². The number of carbonyl (C=O) groups is 3. The van der Waals surface area contributed by atoms with Crippen LogP contribution in [-0.2, 0) is 9.59 Å². The van der Waals surface area contributed by atoms with Gasteiger partial charge in [0, 0.05) is 33.1 Å². The zero-order valence-electron chi connectivity index (χ0n) is 9.97. The molecular weight excluding hydrogens is 226 g/mol. The van der Waals surface area contributed by atoms with E-state index in [1.54, 1.807) is 4.90 Å². The average Bonchev–Trinajstić information content (AvgIpc) is 2.28. The first kappa shape index (κ1) is 13.3. The number of hydrogen-bond acceptors (Lipinski definition) is 3. The van der Waals surface area contributed by atoms with Crippen LogP contribution in [0.5, 0.6) is 0 Å². The Morgan fingerprint density at radius 2 is 1.59 bits per heavy atom. The fraction of sp³-hybridized carbons (Fsp3) is 0.700. The summed E-state index contributed by atoms with van der Waals surface area (Å²) >= 11 is 0. The quantitative estimate of drug-likeness (QED) is 0.673. The molecule has 0 spiro atoms. The summed E-state index contributed by atoms with van der Waals surface area (Å²) < 4.78 is 0. The van der Waals surface area contributed by atoms with Gasteiger partial charge >= 0.3 is 12.0 Å². The monoisotopic (exact) mass is 243 g/mol. The van der Waals surface area contributed by atoms with E-state index < -0.39 is 18.0 Å². The van der Waals surface area contributed by atoms with Crippen molar-refractivity contribution in [1.82, 2.24) is 15.1 Å². The molecule has 1 saturated heterocycles. The number of carbonyl (C=O) groups excluding carboxylic acids is 2. The molecule has 0 aromatic rings. The molecule has 0 aromatic carbocycles. The van der Waals surface area contributed by atoms with Crippen molar-refractivity contribution in [2.24, 2.45) is 0 Å². The van der Waals surface area contributed by atoms with E-state index >= 15 is 0 Å². The molecule has 1 atom stereocenters. The van der Waals surface area contributed by atoms with E-state index in [4.69, 9.17) is 5.11 Å². The summed E-state index contributed by atoms with van der Waals surface area (Å²) in [6.45, 7) is 4.73. The number of hydrogen-bond donors (Lipinski definition) is 2. The summed E-state index contributed by atoms with van der Waals surface area (Å²) in [6.07, 6.45) is 0. The van der Waals surface area contributed by atoms with Gasteiger partial charge in [-0.15, -0.1) is 0 Å². The van der Waals surface area contributed by atoms with Gasteiger partial charge in [-0.25, -0.2) is 4.79 Å². The maximum atomic E-state index is 11.6. The molecule has 1 aliphatic heterocycles. The molecule has 0 aliphatic carbocycles. The van der Waals surface area contributed by atoms with Crippen molar-refractivity contribution in [2.75, 3.05) is 26.2 Å². The average molecular weight is 243 g/mol. The molecule has 0 unspecified atom stereocenters. The first-order valence-corrected chi connectivity index (χ1v) is 5.45. The van der Waals surface area contributed by atoms with Gasteiger partial charge in [0.1, 0.15) is 6.04 Å². The van der Waals surface area contributed by atoms with Gasteiger partial charge in [0.2, 0.25) is 5.91 Å². The lowest BCUT2D eigenvalue weighted by molar-refractivity contribution is -0.138. The second kappa shape index (κ2) is 5.51. The molecule has 7 nitrogen and oxygen atoms in total. The fourth-order valence-corrected chi connectivity index (χ4v) is 1.56. The largest absolute Gasteiger partial charge is 0.480 e. The molecular formula is C10H17N3O4. The highest BCUT2D eigenvalue weighted by atomic mass is 16.4. The molecule has 1 rings (SSSR count). The highest BCUT2D eigenvalue weighted by Gasteiger charge is 2.24. The van der Waals surface area contributed by atoms with Crippen LogP contribution in [0.3, 0.4) is 0 Å². The maximum Gasteiger partial charge on any atom is 0.325 e. The molecule has 0 radical (unpaired) electrons. The summed E-state index contributed by atoms with van der Waals surface area (Å²) in [4.78, 5) is 36.5. The van der Waals surface area contributed by atoms with E-state index in [-0.39, 0.29) is 5.91 Å². The zero-order valence-corrected chi connectivity index (χ0v) is 9.97. The topological polar surface area (TPSA) is 90.0 Å². The fourth-order valence-electron chi connectivity index (χ4n) is 1.56. The minimum absolute atomic E-state index is 0.0102. The summed E-state index contributed by atoms with van der Waals surface area (Å²) in [6, 6.07) is -1.31. The van der Waals surface area contributed by atoms with Crippen LogP contribution in [0.2, 0.25) is 0 Å². The molecule has 0 aromatic heterocycles. The Hall–Kier alpha value is -1.79. The number of rotatable bonds is 2. The predicted octanol–water partition coefficient (Wildman–Crippen LogP) is -0.667. The van der Waals surface area contributed by atoms with Crippen LogP contribution in [0.1, 0.15) is 13.8 Å². The summed E-state index contributed by atoms with van der Waals surface area (Å²) in [5.41, 5.74) is 0. The maximum absolute atomic E-state index is 11.6. The summed E-state index contributed by atoms with van der Waals surface area (Å²) in [7, 11) is 0. The van der Waals surface area contributed by atoms with Crippen molar-refractivity contribution >= 4 is 17.9 Å². The molecule has 0 saturated carbocycles. The Balaban J connectivity index is 2.41. The third kappa shape index (κ3) is 3.61. The van der Waals surface area contributed by atoms with Crippen molar-refractivity contribution in [3.63, 3.8) is 0 Å². The Labute approximate surface area is 99.4 Å². The Morgan fingerprint density at radius 1 is 1.12 bits per heavy atom. The van der Waals surface area contributed by atoms with Crippen LogP contribution in [0.15, 0.2) is 0 Å². The highest BCUT2D eigenvalue weighted by molar-refractivity contribution is 5.82. The lowest BCUT2D eigenvalue weighted by Crippen LogP contribution is -2.54. The van der Waals surface area contributed by atoms with Gasteiger partial charge < -0.3 is 20.2 Å². The SMILES string of the molecule is CC(=O)N1CCN(C(=O)N[C@@H](C)C(=O)O)CC1. The van der Waals surface area contributed by atoms with Crippen molar-refractivity contribution in [3.05, 3.63) is 0 Å². The molecule has 1 aliphatic rings. The summed E-state index contributed by atoms with van der Waals surface area (Å²) in [5, 5.41) is 11.0. The van der Waals surface area contributed by atoms with Crippen LogP contribution in [0.25, 0.3) is 0 Å². The smallest absolute Gasteiger partial charge is 0.325 e. The number of nitrogens with one attached hydrogen (secondary N) is 1. The second-order valence-electron chi connectivity index (χ2n) is 4.00. The van der Waals surface area contributed by atoms with E-state index in [0.717, 1.165) is 0 Å². The molecule has 3 amide bonds. The first-order chi connectivity index (χ1) is 7.91. The number of aliphatic carboxylic acids is 1. The number of amides is 3. The standard InChI is InChI=1S/C10H17N3O4/c1-7(9(15)16)11-10(17)13-5-3-12(4-6-13)8(2)14/h7H,3-6H2,1-2H3,(H,11,17)(H,15,16)/t7-/m0/s1. The van der Waals surface area contributed by atoms with E-state index in [0.29, 0.717) is 26.2 Å². The van der Waals surface area contributed by atoms with E-state index in [2.05, 4.69) is 5.32 Å². The van der Waals surface area contributed by atoms with Crippen LogP contribution in [-0.4, -0.2) is 65.0 Å². The van der Waals surface area contributed by atoms with Gasteiger partial charge in [-0.3, -0.25) is 9.59 Å². The van der Waals surface area contributed by atoms with Crippen molar-refractivity contribution in [2.45, 2.75) is 19.9 Å². The highest BCUT2D eigenvalue weighted by Crippen LogP contribution is 2.02. The normalized spacial score (nSPS) is 17.5. The molecule has 7 heteroatoms. The summed E-state index contributed by atoms with van der Waals surface area (Å²) in [5.74, 6) is -1.08. The van der Waals surface area contributed by atoms with Gasteiger partial charge in [0.25, 0.3) is 0 Å². The molecule has 1 fully saturated rings. The van der Waals surface area contributed by atoms with E-state index in [9.17, 15) is 14.4 Å². The van der Waals surface area contributed by atoms with Gasteiger partial charge in [-0.2, -0.15) is 0 Å². The predicted molar refractivity (Wildman–Crippen MR) is 59.5 cm³/mol. The number of urea groups is 1. The lowest BCUT2D eigenvalue weighted by Gasteiger charge is -2.34. The van der Waals surface area contributed by atoms with E-state index in [1.807, 2.05) is 0 Å². The van der Waals surface area contributed by atoms with Crippen LogP contribution >= 0.6 is 0 Å². The van der Waals surface area contributed by atoms with Gasteiger partial charge in [0.05, 0.1) is 0 Å². The Kier molecular flexibility index (Phi) is 4.30. The van der Waals surface area contributed by atoms with Gasteiger partial charge in [0.15, 0.2) is 0 Å². The van der Waals surface area contributed by atoms with Crippen molar-refractivity contribution < 1.29 is 19.5 Å². The molecule has 2 N–H and O–H groups in total. The van der Waals surface area contributed by atoms with E-state index in [1.165, 1.54) is 18.7 Å². The number of carboxylic acids is 1. The zero-order chi connectivity index (χ0) is 13.0. The molecule has 17 heavy (non-hydrogen) atoms. The molecule has 0 bridgehead atoms. The van der Waals surface area contributed by atoms with Gasteiger partial charge in [-0.1, -0.05) is 0 Å².